The van der Waals surface area contributed by atoms with Gasteiger partial charge >= 0.3 is 12.2 Å². The first-order valence-corrected chi connectivity index (χ1v) is 9.12. The van der Waals surface area contributed by atoms with Gasteiger partial charge in [0.15, 0.2) is 0 Å². The van der Waals surface area contributed by atoms with E-state index in [1.54, 1.807) is 27.7 Å². The van der Waals surface area contributed by atoms with E-state index in [2.05, 4.69) is 5.32 Å². The molecule has 7 heteroatoms. The third kappa shape index (κ3) is 6.92. The van der Waals surface area contributed by atoms with Gasteiger partial charge in [0.1, 0.15) is 18.0 Å². The van der Waals surface area contributed by atoms with Crippen molar-refractivity contribution in [2.24, 2.45) is 0 Å². The van der Waals surface area contributed by atoms with Crippen LogP contribution in [0.15, 0.2) is 30.3 Å². The Morgan fingerprint density at radius 3 is 2.48 bits per heavy atom. The molecule has 1 aliphatic rings. The number of carbonyl (C=O) groups is 3. The largest absolute Gasteiger partial charge is 0.445 e. The zero-order valence-electron chi connectivity index (χ0n) is 16.4. The van der Waals surface area contributed by atoms with E-state index in [1.807, 2.05) is 30.3 Å². The molecule has 0 spiro atoms. The maximum Gasteiger partial charge on any atom is 0.410 e. The Hall–Kier alpha value is -2.57. The van der Waals surface area contributed by atoms with Crippen LogP contribution in [0.3, 0.4) is 0 Å². The Balaban J connectivity index is 1.99. The number of carbonyl (C=O) groups excluding carboxylic acids is 3. The number of nitrogens with one attached hydrogen (secondary N) is 1. The van der Waals surface area contributed by atoms with Crippen LogP contribution < -0.4 is 5.32 Å². The number of nitrogens with zero attached hydrogens (tertiary/aromatic N) is 1. The molecule has 7 nitrogen and oxygen atoms in total. The van der Waals surface area contributed by atoms with Gasteiger partial charge < -0.3 is 19.7 Å². The number of alkyl carbamates (subject to hydrolysis) is 1. The number of hydrogen-bond donors (Lipinski definition) is 1. The number of hydrogen-bond acceptors (Lipinski definition) is 5. The molecule has 148 valence electrons. The topological polar surface area (TPSA) is 84.9 Å². The van der Waals surface area contributed by atoms with Crippen molar-refractivity contribution in [3.8, 4) is 0 Å². The van der Waals surface area contributed by atoms with Gasteiger partial charge in [0, 0.05) is 25.4 Å². The van der Waals surface area contributed by atoms with Crippen LogP contribution in [-0.4, -0.2) is 47.1 Å². The van der Waals surface area contributed by atoms with E-state index in [1.165, 1.54) is 4.90 Å². The Kier molecular flexibility index (Phi) is 6.82. The molecule has 0 aliphatic carbocycles. The second-order valence-corrected chi connectivity index (χ2v) is 7.83. The van der Waals surface area contributed by atoms with Crippen molar-refractivity contribution in [2.45, 2.75) is 64.8 Å². The van der Waals surface area contributed by atoms with Crippen molar-refractivity contribution in [1.82, 2.24) is 10.2 Å². The fraction of sp³-hybridized carbons (Fsp3) is 0.550. The molecule has 1 aromatic rings. The van der Waals surface area contributed by atoms with Crippen molar-refractivity contribution in [2.75, 3.05) is 6.54 Å². The number of ketones is 1. The number of amides is 2. The van der Waals surface area contributed by atoms with Gasteiger partial charge in [0.2, 0.25) is 0 Å². The molecule has 0 saturated carbocycles. The van der Waals surface area contributed by atoms with E-state index in [9.17, 15) is 14.4 Å². The summed E-state index contributed by atoms with van der Waals surface area (Å²) in [5.41, 5.74) is 0.244. The molecule has 27 heavy (non-hydrogen) atoms. The normalized spacial score (nSPS) is 20.6. The van der Waals surface area contributed by atoms with E-state index >= 15 is 0 Å². The minimum atomic E-state index is -0.638. The zero-order chi connectivity index (χ0) is 20.0. The van der Waals surface area contributed by atoms with E-state index in [0.29, 0.717) is 0 Å². The molecule has 1 N–H and O–H groups in total. The minimum Gasteiger partial charge on any atom is -0.445 e. The van der Waals surface area contributed by atoms with Crippen LogP contribution in [0.25, 0.3) is 0 Å². The molecule has 2 amide bonds. The molecule has 2 atom stereocenters. The van der Waals surface area contributed by atoms with Gasteiger partial charge in [-0.2, -0.15) is 0 Å². The SMILES string of the molecule is C[C@H]1CC(=O)C[C@H](NC(=O)OC(C)(C)C)CN1C(=O)OCc1ccccc1. The summed E-state index contributed by atoms with van der Waals surface area (Å²) >= 11 is 0. The quantitative estimate of drug-likeness (QED) is 0.875. The molecule has 1 aromatic carbocycles. The first kappa shape index (κ1) is 20.7. The molecule has 1 heterocycles. The lowest BCUT2D eigenvalue weighted by atomic mass is 10.1. The summed E-state index contributed by atoms with van der Waals surface area (Å²) in [4.78, 5) is 38.2. The van der Waals surface area contributed by atoms with Crippen LogP contribution in [0.4, 0.5) is 9.59 Å². The fourth-order valence-electron chi connectivity index (χ4n) is 2.91. The van der Waals surface area contributed by atoms with Gasteiger partial charge in [-0.05, 0) is 33.3 Å². The minimum absolute atomic E-state index is 0.0121. The van der Waals surface area contributed by atoms with Gasteiger partial charge in [-0.1, -0.05) is 30.3 Å². The lowest BCUT2D eigenvalue weighted by Gasteiger charge is -2.29. The third-order valence-electron chi connectivity index (χ3n) is 4.11. The molecular formula is C20H28N2O5. The maximum absolute atomic E-state index is 12.5. The number of ether oxygens (including phenoxy) is 2. The predicted molar refractivity (Wildman–Crippen MR) is 100 cm³/mol. The highest BCUT2D eigenvalue weighted by atomic mass is 16.6. The molecule has 0 bridgehead atoms. The second-order valence-electron chi connectivity index (χ2n) is 7.83. The molecule has 1 saturated heterocycles. The standard InChI is InChI=1S/C20H28N2O5/c1-14-10-17(23)11-16(21-18(24)27-20(2,3)4)12-22(14)19(25)26-13-15-8-6-5-7-9-15/h5-9,14,16H,10-13H2,1-4H3,(H,21,24)/t14-,16-/m0/s1. The van der Waals surface area contributed by atoms with Gasteiger partial charge in [0.05, 0.1) is 6.04 Å². The summed E-state index contributed by atoms with van der Waals surface area (Å²) in [6.45, 7) is 7.44. The molecule has 0 unspecified atom stereocenters. The second kappa shape index (κ2) is 8.88. The van der Waals surface area contributed by atoms with Crippen LogP contribution in [0.1, 0.15) is 46.1 Å². The fourth-order valence-corrected chi connectivity index (χ4v) is 2.91. The van der Waals surface area contributed by atoms with Crippen LogP contribution in [0.2, 0.25) is 0 Å². The van der Waals surface area contributed by atoms with Crippen molar-refractivity contribution in [1.29, 1.82) is 0 Å². The van der Waals surface area contributed by atoms with Gasteiger partial charge in [-0.3, -0.25) is 4.79 Å². The first-order valence-electron chi connectivity index (χ1n) is 9.12. The summed E-state index contributed by atoms with van der Waals surface area (Å²) in [6.07, 6.45) is -0.719. The molecule has 2 rings (SSSR count). The molecule has 1 fully saturated rings. The van der Waals surface area contributed by atoms with E-state index in [-0.39, 0.29) is 37.8 Å². The van der Waals surface area contributed by atoms with E-state index in [4.69, 9.17) is 9.47 Å². The zero-order valence-corrected chi connectivity index (χ0v) is 16.4. The highest BCUT2D eigenvalue weighted by Crippen LogP contribution is 2.17. The first-order chi connectivity index (χ1) is 12.6. The number of benzene rings is 1. The smallest absolute Gasteiger partial charge is 0.410 e. The van der Waals surface area contributed by atoms with Crippen molar-refractivity contribution >= 4 is 18.0 Å². The summed E-state index contributed by atoms with van der Waals surface area (Å²) in [5.74, 6) is -0.0121. The molecular weight excluding hydrogens is 348 g/mol. The predicted octanol–water partition coefficient (Wildman–Crippen LogP) is 3.27. The Morgan fingerprint density at radius 1 is 1.19 bits per heavy atom. The van der Waals surface area contributed by atoms with Crippen molar-refractivity contribution in [3.63, 3.8) is 0 Å². The Morgan fingerprint density at radius 2 is 1.85 bits per heavy atom. The molecule has 0 aromatic heterocycles. The number of likely N-dealkylation sites (tertiary alicyclic amines) is 1. The summed E-state index contributed by atoms with van der Waals surface area (Å²) < 4.78 is 10.6. The van der Waals surface area contributed by atoms with Gasteiger partial charge in [-0.15, -0.1) is 0 Å². The Labute approximate surface area is 160 Å². The van der Waals surface area contributed by atoms with E-state index < -0.39 is 23.8 Å². The van der Waals surface area contributed by atoms with Crippen LogP contribution >= 0.6 is 0 Å². The summed E-state index contributed by atoms with van der Waals surface area (Å²) in [6, 6.07) is 8.56. The van der Waals surface area contributed by atoms with Crippen LogP contribution in [-0.2, 0) is 20.9 Å². The lowest BCUT2D eigenvalue weighted by Crippen LogP contribution is -2.48. The number of rotatable bonds is 3. The van der Waals surface area contributed by atoms with Gasteiger partial charge in [0.25, 0.3) is 0 Å². The monoisotopic (exact) mass is 376 g/mol. The maximum atomic E-state index is 12.5. The van der Waals surface area contributed by atoms with E-state index in [0.717, 1.165) is 5.56 Å². The molecule has 1 aliphatic heterocycles. The van der Waals surface area contributed by atoms with Crippen LogP contribution in [0, 0.1) is 0 Å². The third-order valence-corrected chi connectivity index (χ3v) is 4.11. The highest BCUT2D eigenvalue weighted by Gasteiger charge is 2.33. The molecule has 0 radical (unpaired) electrons. The summed E-state index contributed by atoms with van der Waals surface area (Å²) in [5, 5.41) is 2.69. The summed E-state index contributed by atoms with van der Waals surface area (Å²) in [7, 11) is 0. The van der Waals surface area contributed by atoms with Crippen molar-refractivity contribution < 1.29 is 23.9 Å². The Bertz CT molecular complexity index is 669. The van der Waals surface area contributed by atoms with Gasteiger partial charge in [-0.25, -0.2) is 9.59 Å². The van der Waals surface area contributed by atoms with Crippen LogP contribution in [0.5, 0.6) is 0 Å². The average molecular weight is 376 g/mol. The lowest BCUT2D eigenvalue weighted by molar-refractivity contribution is -0.119. The number of Topliss-reactive ketones (excluding diaryl/α,β-unsaturated/α-hetero) is 1. The highest BCUT2D eigenvalue weighted by molar-refractivity contribution is 5.82. The van der Waals surface area contributed by atoms with Crippen molar-refractivity contribution in [3.05, 3.63) is 35.9 Å². The average Bonchev–Trinajstić information content (AvgIpc) is 2.69.